The highest BCUT2D eigenvalue weighted by Crippen LogP contribution is 2.36. The molecule has 6 aromatic carbocycles. The van der Waals surface area contributed by atoms with E-state index < -0.39 is 0 Å². The Morgan fingerprint density at radius 2 is 0.500 bits per heavy atom. The second kappa shape index (κ2) is 14.2. The van der Waals surface area contributed by atoms with Gasteiger partial charge >= 0.3 is 0 Å². The summed E-state index contributed by atoms with van der Waals surface area (Å²) in [6, 6.07) is 41.4. The average molecular weight is 637 g/mol. The van der Waals surface area contributed by atoms with Crippen molar-refractivity contribution in [2.45, 2.75) is 39.6 Å². The number of phenolic OH excluding ortho intramolecular Hbond substituents is 3. The summed E-state index contributed by atoms with van der Waals surface area (Å²) in [6.07, 6.45) is 0. The number of hydrogen-bond acceptors (Lipinski definition) is 6. The Hall–Kier alpha value is -5.40. The first-order valence-corrected chi connectivity index (χ1v) is 16.0. The smallest absolute Gasteiger partial charge is 0.126 e. The fourth-order valence-electron chi connectivity index (χ4n) is 6.14. The standard InChI is InChI=1S/C42H36O6/c43-40-34-16-31(28-10-4-1-5-11-28)17-35(40)23-47-25-37-19-33(30-14-8-3-9-15-30)21-39(42(37)45)27-48-26-38-20-32(29-12-6-2-7-13-29)18-36(41(38)44)24-46-22-34/h1-21,43-45H,22-27H2. The van der Waals surface area contributed by atoms with Crippen LogP contribution in [0.2, 0.25) is 0 Å². The predicted octanol–water partition coefficient (Wildman–Crippen LogP) is 9.27. The number of benzene rings is 6. The molecule has 0 saturated carbocycles. The molecule has 1 aliphatic rings. The minimum atomic E-state index is 0.0927. The Morgan fingerprint density at radius 1 is 0.292 bits per heavy atom. The van der Waals surface area contributed by atoms with Crippen molar-refractivity contribution in [3.8, 4) is 50.6 Å². The number of fused-ring (bicyclic) bond motifs is 6. The van der Waals surface area contributed by atoms with Gasteiger partial charge in [-0.1, -0.05) is 91.0 Å². The zero-order valence-electron chi connectivity index (χ0n) is 26.4. The van der Waals surface area contributed by atoms with E-state index in [9.17, 15) is 15.3 Å². The first-order chi connectivity index (χ1) is 23.5. The Labute approximate surface area is 280 Å². The van der Waals surface area contributed by atoms with Crippen LogP contribution in [0.1, 0.15) is 33.4 Å². The first-order valence-electron chi connectivity index (χ1n) is 16.0. The van der Waals surface area contributed by atoms with Crippen LogP contribution < -0.4 is 0 Å². The van der Waals surface area contributed by atoms with Crippen LogP contribution in [0, 0.1) is 0 Å². The molecule has 1 aliphatic heterocycles. The van der Waals surface area contributed by atoms with Crippen LogP contribution >= 0.6 is 0 Å². The summed E-state index contributed by atoms with van der Waals surface area (Å²) in [4.78, 5) is 0. The zero-order chi connectivity index (χ0) is 32.9. The minimum absolute atomic E-state index is 0.0927. The summed E-state index contributed by atoms with van der Waals surface area (Å²) in [6.45, 7) is 0.688. The largest absolute Gasteiger partial charge is 0.507 e. The lowest BCUT2D eigenvalue weighted by Gasteiger charge is -2.18. The molecule has 0 unspecified atom stereocenters. The molecule has 0 aliphatic carbocycles. The fourth-order valence-corrected chi connectivity index (χ4v) is 6.14. The fraction of sp³-hybridized carbons (Fsp3) is 0.143. The van der Waals surface area contributed by atoms with Crippen LogP contribution in [-0.4, -0.2) is 15.3 Å². The number of hydrogen-bond donors (Lipinski definition) is 3. The second-order valence-electron chi connectivity index (χ2n) is 12.0. The van der Waals surface area contributed by atoms with Gasteiger partial charge in [0, 0.05) is 33.4 Å². The van der Waals surface area contributed by atoms with Gasteiger partial charge in [-0.2, -0.15) is 0 Å². The predicted molar refractivity (Wildman–Crippen MR) is 186 cm³/mol. The summed E-state index contributed by atoms with van der Waals surface area (Å²) in [7, 11) is 0. The summed E-state index contributed by atoms with van der Waals surface area (Å²) < 4.78 is 18.5. The molecule has 6 nitrogen and oxygen atoms in total. The summed E-state index contributed by atoms with van der Waals surface area (Å²) in [5.74, 6) is 0.278. The third-order valence-corrected chi connectivity index (χ3v) is 8.67. The van der Waals surface area contributed by atoms with Crippen molar-refractivity contribution >= 4 is 0 Å². The Bertz CT molecular complexity index is 1710. The third kappa shape index (κ3) is 6.82. The normalized spacial score (nSPS) is 13.8. The van der Waals surface area contributed by atoms with E-state index in [0.29, 0.717) is 33.4 Å². The van der Waals surface area contributed by atoms with Crippen LogP contribution in [0.5, 0.6) is 17.2 Å². The molecular formula is C42H36O6. The van der Waals surface area contributed by atoms with Crippen molar-refractivity contribution in [1.82, 2.24) is 0 Å². The molecule has 6 aromatic rings. The van der Waals surface area contributed by atoms with Crippen molar-refractivity contribution in [2.75, 3.05) is 0 Å². The SMILES string of the molecule is Oc1c2cc(-c3ccccc3)cc1COCc1cc(-c3ccccc3)cc(c1O)COCc1cc(-c3ccccc3)cc(c1O)COC2. The molecule has 0 atom stereocenters. The molecule has 3 N–H and O–H groups in total. The van der Waals surface area contributed by atoms with Crippen LogP contribution in [0.25, 0.3) is 33.4 Å². The van der Waals surface area contributed by atoms with E-state index in [-0.39, 0.29) is 56.9 Å². The maximum atomic E-state index is 11.4. The highest BCUT2D eigenvalue weighted by molar-refractivity contribution is 5.69. The van der Waals surface area contributed by atoms with E-state index in [1.54, 1.807) is 0 Å². The van der Waals surface area contributed by atoms with Gasteiger partial charge in [0.1, 0.15) is 17.2 Å². The van der Waals surface area contributed by atoms with Crippen LogP contribution in [0.15, 0.2) is 127 Å². The van der Waals surface area contributed by atoms with E-state index in [1.807, 2.05) is 127 Å². The summed E-state index contributed by atoms with van der Waals surface area (Å²) >= 11 is 0. The Kier molecular flexibility index (Phi) is 9.20. The van der Waals surface area contributed by atoms with E-state index in [1.165, 1.54) is 0 Å². The monoisotopic (exact) mass is 636 g/mol. The van der Waals surface area contributed by atoms with E-state index in [4.69, 9.17) is 14.2 Å². The van der Waals surface area contributed by atoms with Crippen molar-refractivity contribution < 1.29 is 29.5 Å². The maximum Gasteiger partial charge on any atom is 0.126 e. The summed E-state index contributed by atoms with van der Waals surface area (Å²) in [5, 5.41) is 34.2. The Morgan fingerprint density at radius 3 is 0.708 bits per heavy atom. The zero-order valence-corrected chi connectivity index (χ0v) is 26.4. The Balaban J connectivity index is 1.32. The van der Waals surface area contributed by atoms with Gasteiger partial charge in [0.2, 0.25) is 0 Å². The minimum Gasteiger partial charge on any atom is -0.507 e. The van der Waals surface area contributed by atoms with Gasteiger partial charge in [-0.3, -0.25) is 0 Å². The lowest BCUT2D eigenvalue weighted by molar-refractivity contribution is 0.0932. The van der Waals surface area contributed by atoms with Gasteiger partial charge in [0.25, 0.3) is 0 Å². The maximum absolute atomic E-state index is 11.4. The topological polar surface area (TPSA) is 88.4 Å². The van der Waals surface area contributed by atoms with Gasteiger partial charge < -0.3 is 29.5 Å². The third-order valence-electron chi connectivity index (χ3n) is 8.67. The van der Waals surface area contributed by atoms with Gasteiger partial charge in [-0.15, -0.1) is 0 Å². The second-order valence-corrected chi connectivity index (χ2v) is 12.0. The molecular weight excluding hydrogens is 600 g/mol. The summed E-state index contributed by atoms with van der Waals surface area (Å²) in [5.41, 5.74) is 9.39. The van der Waals surface area contributed by atoms with Crippen molar-refractivity contribution in [3.05, 3.63) is 161 Å². The number of ether oxygens (including phenoxy) is 3. The molecule has 0 saturated heterocycles. The molecule has 0 spiro atoms. The van der Waals surface area contributed by atoms with Crippen molar-refractivity contribution in [3.63, 3.8) is 0 Å². The van der Waals surface area contributed by atoms with Crippen molar-refractivity contribution in [1.29, 1.82) is 0 Å². The molecule has 0 fully saturated rings. The molecule has 240 valence electrons. The van der Waals surface area contributed by atoms with E-state index in [2.05, 4.69) is 0 Å². The van der Waals surface area contributed by atoms with Crippen LogP contribution in [0.4, 0.5) is 0 Å². The number of phenols is 3. The molecule has 0 radical (unpaired) electrons. The molecule has 6 heteroatoms. The highest BCUT2D eigenvalue weighted by Gasteiger charge is 2.18. The molecule has 1 heterocycles. The number of rotatable bonds is 3. The van der Waals surface area contributed by atoms with Gasteiger partial charge in [0.15, 0.2) is 0 Å². The lowest BCUT2D eigenvalue weighted by atomic mass is 9.98. The van der Waals surface area contributed by atoms with Crippen LogP contribution in [0.3, 0.4) is 0 Å². The molecule has 0 amide bonds. The van der Waals surface area contributed by atoms with Gasteiger partial charge in [0.05, 0.1) is 39.6 Å². The molecule has 6 bridgehead atoms. The molecule has 48 heavy (non-hydrogen) atoms. The van der Waals surface area contributed by atoms with E-state index in [0.717, 1.165) is 33.4 Å². The van der Waals surface area contributed by atoms with Crippen LogP contribution in [-0.2, 0) is 53.9 Å². The van der Waals surface area contributed by atoms with Gasteiger partial charge in [-0.25, -0.2) is 0 Å². The highest BCUT2D eigenvalue weighted by atomic mass is 16.5. The van der Waals surface area contributed by atoms with E-state index >= 15 is 0 Å². The lowest BCUT2D eigenvalue weighted by Crippen LogP contribution is -2.04. The molecule has 7 rings (SSSR count). The van der Waals surface area contributed by atoms with Crippen molar-refractivity contribution in [2.24, 2.45) is 0 Å². The quantitative estimate of drug-likeness (QED) is 0.180. The van der Waals surface area contributed by atoms with Gasteiger partial charge in [-0.05, 0) is 69.8 Å². The average Bonchev–Trinajstić information content (AvgIpc) is 3.13. The first kappa shape index (κ1) is 31.2. The number of aromatic hydroxyl groups is 3. The molecule has 0 aromatic heterocycles.